The molecule has 0 spiro atoms. The standard InChI is InChI=1S/C22H34O3/c1-16(2)10-8-12-18(5)13-14-21-22(19(6)24-21,25-20(7)23)15-9-11-17(3)4/h10-11,13,21H,6,8-9,12,14-15H2,1-5,7H3/b18-13+. The molecule has 1 fully saturated rings. The fourth-order valence-electron chi connectivity index (χ4n) is 3.03. The van der Waals surface area contributed by atoms with Gasteiger partial charge in [-0.1, -0.05) is 41.5 Å². The predicted molar refractivity (Wildman–Crippen MR) is 104 cm³/mol. The van der Waals surface area contributed by atoms with Crippen LogP contribution >= 0.6 is 0 Å². The van der Waals surface area contributed by atoms with E-state index in [0.29, 0.717) is 12.2 Å². The first-order chi connectivity index (χ1) is 11.7. The molecule has 3 heteroatoms. The van der Waals surface area contributed by atoms with Gasteiger partial charge in [-0.2, -0.15) is 0 Å². The highest BCUT2D eigenvalue weighted by Crippen LogP contribution is 2.45. The minimum Gasteiger partial charge on any atom is -0.486 e. The molecule has 0 aromatic rings. The van der Waals surface area contributed by atoms with Gasteiger partial charge in [-0.15, -0.1) is 0 Å². The molecule has 0 N–H and O–H groups in total. The third-order valence-corrected chi connectivity index (χ3v) is 4.44. The van der Waals surface area contributed by atoms with Crippen LogP contribution in [0.2, 0.25) is 0 Å². The summed E-state index contributed by atoms with van der Waals surface area (Å²) in [7, 11) is 0. The Bertz CT molecular complexity index is 572. The maximum absolute atomic E-state index is 11.6. The number of ether oxygens (including phenoxy) is 2. The van der Waals surface area contributed by atoms with E-state index in [1.807, 2.05) is 0 Å². The third kappa shape index (κ3) is 6.56. The summed E-state index contributed by atoms with van der Waals surface area (Å²) in [6.45, 7) is 15.9. The van der Waals surface area contributed by atoms with Gasteiger partial charge in [-0.25, -0.2) is 0 Å². The lowest BCUT2D eigenvalue weighted by Crippen LogP contribution is -2.58. The number of carbonyl (C=O) groups excluding carboxylic acids is 1. The highest BCUT2D eigenvalue weighted by molar-refractivity contribution is 5.67. The molecule has 0 saturated carbocycles. The molecule has 140 valence electrons. The Morgan fingerprint density at radius 3 is 2.20 bits per heavy atom. The molecule has 0 bridgehead atoms. The highest BCUT2D eigenvalue weighted by Gasteiger charge is 2.55. The van der Waals surface area contributed by atoms with Crippen LogP contribution in [0.5, 0.6) is 0 Å². The highest BCUT2D eigenvalue weighted by atomic mass is 16.6. The Morgan fingerprint density at radius 1 is 1.08 bits per heavy atom. The largest absolute Gasteiger partial charge is 0.486 e. The Hall–Kier alpha value is -1.77. The first-order valence-corrected chi connectivity index (χ1v) is 9.15. The van der Waals surface area contributed by atoms with Gasteiger partial charge in [-0.05, 0) is 53.9 Å². The van der Waals surface area contributed by atoms with Gasteiger partial charge in [0.25, 0.3) is 0 Å². The van der Waals surface area contributed by atoms with Crippen molar-refractivity contribution >= 4 is 5.97 Å². The summed E-state index contributed by atoms with van der Waals surface area (Å²) in [5.74, 6) is 0.293. The Labute approximate surface area is 153 Å². The monoisotopic (exact) mass is 346 g/mol. The molecule has 0 radical (unpaired) electrons. The lowest BCUT2D eigenvalue weighted by Gasteiger charge is -2.49. The zero-order chi connectivity index (χ0) is 19.0. The van der Waals surface area contributed by atoms with Crippen LogP contribution in [0, 0.1) is 0 Å². The molecule has 2 unspecified atom stereocenters. The number of hydrogen-bond acceptors (Lipinski definition) is 3. The Balaban J connectivity index is 2.75. The van der Waals surface area contributed by atoms with Gasteiger partial charge >= 0.3 is 5.97 Å². The van der Waals surface area contributed by atoms with Crippen LogP contribution in [0.1, 0.15) is 73.6 Å². The van der Waals surface area contributed by atoms with E-state index in [2.05, 4.69) is 59.4 Å². The van der Waals surface area contributed by atoms with Crippen LogP contribution in [0.3, 0.4) is 0 Å². The average Bonchev–Trinajstić information content (AvgIpc) is 2.49. The molecular formula is C22H34O3. The van der Waals surface area contributed by atoms with Crippen molar-refractivity contribution in [3.8, 4) is 0 Å². The molecule has 1 heterocycles. The molecule has 2 atom stereocenters. The van der Waals surface area contributed by atoms with E-state index >= 15 is 0 Å². The maximum Gasteiger partial charge on any atom is 0.303 e. The molecule has 0 aliphatic carbocycles. The summed E-state index contributed by atoms with van der Waals surface area (Å²) in [5, 5.41) is 0. The van der Waals surface area contributed by atoms with E-state index < -0.39 is 5.60 Å². The van der Waals surface area contributed by atoms with Gasteiger partial charge < -0.3 is 9.47 Å². The number of esters is 1. The summed E-state index contributed by atoms with van der Waals surface area (Å²) < 4.78 is 11.5. The molecule has 0 aromatic carbocycles. The first-order valence-electron chi connectivity index (χ1n) is 9.15. The molecule has 3 nitrogen and oxygen atoms in total. The Kier molecular flexibility index (Phi) is 8.21. The molecular weight excluding hydrogens is 312 g/mol. The molecule has 0 aromatic heterocycles. The summed E-state index contributed by atoms with van der Waals surface area (Å²) >= 11 is 0. The van der Waals surface area contributed by atoms with Crippen molar-refractivity contribution in [2.75, 3.05) is 0 Å². The summed E-state index contributed by atoms with van der Waals surface area (Å²) in [6.07, 6.45) is 10.9. The van der Waals surface area contributed by atoms with Gasteiger partial charge in [0, 0.05) is 19.8 Å². The van der Waals surface area contributed by atoms with Crippen molar-refractivity contribution in [3.05, 3.63) is 47.3 Å². The van der Waals surface area contributed by atoms with E-state index in [4.69, 9.17) is 9.47 Å². The number of hydrogen-bond donors (Lipinski definition) is 0. The molecule has 1 aliphatic rings. The first kappa shape index (κ1) is 21.3. The maximum atomic E-state index is 11.6. The van der Waals surface area contributed by atoms with Crippen molar-refractivity contribution in [3.63, 3.8) is 0 Å². The number of allylic oxidation sites excluding steroid dienone is 5. The zero-order valence-electron chi connectivity index (χ0n) is 16.8. The van der Waals surface area contributed by atoms with E-state index in [1.165, 1.54) is 23.6 Å². The minimum absolute atomic E-state index is 0.145. The Morgan fingerprint density at radius 2 is 1.68 bits per heavy atom. The SMILES string of the molecule is C=C1OC(C/C=C(\C)CCC=C(C)C)C1(CCC=C(C)C)OC(C)=O. The average molecular weight is 347 g/mol. The van der Waals surface area contributed by atoms with E-state index in [9.17, 15) is 4.79 Å². The molecule has 1 aliphatic heterocycles. The van der Waals surface area contributed by atoms with Crippen molar-refractivity contribution in [2.24, 2.45) is 0 Å². The van der Waals surface area contributed by atoms with Crippen LogP contribution in [0.4, 0.5) is 0 Å². The fourth-order valence-corrected chi connectivity index (χ4v) is 3.03. The second-order valence-corrected chi connectivity index (χ2v) is 7.44. The van der Waals surface area contributed by atoms with Crippen LogP contribution in [-0.4, -0.2) is 17.7 Å². The second-order valence-electron chi connectivity index (χ2n) is 7.44. The third-order valence-electron chi connectivity index (χ3n) is 4.44. The smallest absolute Gasteiger partial charge is 0.303 e. The number of rotatable bonds is 9. The van der Waals surface area contributed by atoms with E-state index in [0.717, 1.165) is 25.7 Å². The van der Waals surface area contributed by atoms with Crippen LogP contribution in [-0.2, 0) is 14.3 Å². The van der Waals surface area contributed by atoms with Crippen LogP contribution in [0.25, 0.3) is 0 Å². The molecule has 25 heavy (non-hydrogen) atoms. The summed E-state index contributed by atoms with van der Waals surface area (Å²) in [4.78, 5) is 11.6. The van der Waals surface area contributed by atoms with Gasteiger partial charge in [-0.3, -0.25) is 4.79 Å². The fraction of sp³-hybridized carbons (Fsp3) is 0.591. The lowest BCUT2D eigenvalue weighted by molar-refractivity contribution is -0.212. The minimum atomic E-state index is -0.686. The topological polar surface area (TPSA) is 35.5 Å². The lowest BCUT2D eigenvalue weighted by atomic mass is 9.81. The van der Waals surface area contributed by atoms with Crippen molar-refractivity contribution in [1.82, 2.24) is 0 Å². The summed E-state index contributed by atoms with van der Waals surface area (Å²) in [6, 6.07) is 0. The van der Waals surface area contributed by atoms with E-state index in [1.54, 1.807) is 0 Å². The van der Waals surface area contributed by atoms with Gasteiger partial charge in [0.05, 0.1) is 0 Å². The number of carbonyl (C=O) groups is 1. The van der Waals surface area contributed by atoms with Crippen LogP contribution in [0.15, 0.2) is 47.3 Å². The van der Waals surface area contributed by atoms with Crippen LogP contribution < -0.4 is 0 Å². The zero-order valence-corrected chi connectivity index (χ0v) is 16.8. The molecule has 1 rings (SSSR count). The van der Waals surface area contributed by atoms with Crippen molar-refractivity contribution in [2.45, 2.75) is 85.4 Å². The van der Waals surface area contributed by atoms with Gasteiger partial charge in [0.1, 0.15) is 11.9 Å². The predicted octanol–water partition coefficient (Wildman–Crippen LogP) is 6.03. The van der Waals surface area contributed by atoms with E-state index in [-0.39, 0.29) is 12.1 Å². The van der Waals surface area contributed by atoms with Crippen molar-refractivity contribution in [1.29, 1.82) is 0 Å². The van der Waals surface area contributed by atoms with Gasteiger partial charge in [0.15, 0.2) is 0 Å². The van der Waals surface area contributed by atoms with Crippen molar-refractivity contribution < 1.29 is 14.3 Å². The van der Waals surface area contributed by atoms with Gasteiger partial charge in [0.2, 0.25) is 5.60 Å². The quantitative estimate of drug-likeness (QED) is 0.378. The normalized spacial score (nSPS) is 22.6. The molecule has 0 amide bonds. The second kappa shape index (κ2) is 9.65. The summed E-state index contributed by atoms with van der Waals surface area (Å²) in [5.41, 5.74) is 3.25. The molecule has 1 saturated heterocycles.